The molecule has 3 heteroatoms. The van der Waals surface area contributed by atoms with Crippen LogP contribution in [0, 0.1) is 11.8 Å². The molecule has 1 aliphatic carbocycles. The van der Waals surface area contributed by atoms with Gasteiger partial charge in [-0.15, -0.1) is 0 Å². The SMILES string of the molecule is CC(CN)C(C)NC(=O)C1CC1. The predicted molar refractivity (Wildman–Crippen MR) is 48.5 cm³/mol. The van der Waals surface area contributed by atoms with Crippen LogP contribution >= 0.6 is 0 Å². The summed E-state index contributed by atoms with van der Waals surface area (Å²) < 4.78 is 0. The molecular formula is C9H18N2O. The zero-order valence-electron chi connectivity index (χ0n) is 7.84. The summed E-state index contributed by atoms with van der Waals surface area (Å²) in [6.45, 7) is 4.70. The smallest absolute Gasteiger partial charge is 0.223 e. The topological polar surface area (TPSA) is 55.1 Å². The van der Waals surface area contributed by atoms with Crippen molar-refractivity contribution in [2.24, 2.45) is 17.6 Å². The first-order valence-electron chi connectivity index (χ1n) is 4.65. The first kappa shape index (κ1) is 9.52. The zero-order valence-corrected chi connectivity index (χ0v) is 7.84. The molecule has 0 heterocycles. The van der Waals surface area contributed by atoms with E-state index in [1.807, 2.05) is 6.92 Å². The Balaban J connectivity index is 2.24. The maximum Gasteiger partial charge on any atom is 0.223 e. The lowest BCUT2D eigenvalue weighted by molar-refractivity contribution is -0.123. The molecule has 1 rings (SSSR count). The predicted octanol–water partition coefficient (Wildman–Crippen LogP) is 0.496. The van der Waals surface area contributed by atoms with Crippen molar-refractivity contribution in [2.75, 3.05) is 6.54 Å². The second-order valence-electron chi connectivity index (χ2n) is 3.78. The van der Waals surface area contributed by atoms with Crippen molar-refractivity contribution in [3.8, 4) is 0 Å². The van der Waals surface area contributed by atoms with Crippen LogP contribution in [0.1, 0.15) is 26.7 Å². The Morgan fingerprint density at radius 2 is 2.17 bits per heavy atom. The van der Waals surface area contributed by atoms with E-state index in [0.29, 0.717) is 18.4 Å². The van der Waals surface area contributed by atoms with E-state index in [1.165, 1.54) is 0 Å². The summed E-state index contributed by atoms with van der Waals surface area (Å²) in [5.74, 6) is 0.882. The summed E-state index contributed by atoms with van der Waals surface area (Å²) >= 11 is 0. The van der Waals surface area contributed by atoms with Gasteiger partial charge in [0.15, 0.2) is 0 Å². The maximum absolute atomic E-state index is 11.3. The number of hydrogen-bond donors (Lipinski definition) is 2. The molecule has 0 radical (unpaired) electrons. The Morgan fingerprint density at radius 3 is 2.58 bits per heavy atom. The monoisotopic (exact) mass is 170 g/mol. The summed E-state index contributed by atoms with van der Waals surface area (Å²) in [4.78, 5) is 11.3. The second kappa shape index (κ2) is 3.90. The summed E-state index contributed by atoms with van der Waals surface area (Å²) in [5, 5.41) is 2.97. The lowest BCUT2D eigenvalue weighted by atomic mass is 10.0. The van der Waals surface area contributed by atoms with Crippen molar-refractivity contribution in [2.45, 2.75) is 32.7 Å². The van der Waals surface area contributed by atoms with Crippen molar-refractivity contribution in [1.29, 1.82) is 0 Å². The van der Waals surface area contributed by atoms with E-state index < -0.39 is 0 Å². The highest BCUT2D eigenvalue weighted by molar-refractivity contribution is 5.81. The molecule has 0 aliphatic heterocycles. The van der Waals surface area contributed by atoms with E-state index in [0.717, 1.165) is 12.8 Å². The highest BCUT2D eigenvalue weighted by atomic mass is 16.2. The van der Waals surface area contributed by atoms with E-state index in [-0.39, 0.29) is 11.9 Å². The van der Waals surface area contributed by atoms with Gasteiger partial charge in [-0.25, -0.2) is 0 Å². The number of nitrogens with one attached hydrogen (secondary N) is 1. The molecule has 0 aromatic rings. The molecule has 3 N–H and O–H groups in total. The Kier molecular flexibility index (Phi) is 3.09. The summed E-state index contributed by atoms with van der Waals surface area (Å²) in [7, 11) is 0. The number of carbonyl (C=O) groups is 1. The molecule has 2 atom stereocenters. The number of hydrogen-bond acceptors (Lipinski definition) is 2. The molecule has 1 amide bonds. The van der Waals surface area contributed by atoms with Gasteiger partial charge in [-0.05, 0) is 32.2 Å². The van der Waals surface area contributed by atoms with Crippen LogP contribution in [0.2, 0.25) is 0 Å². The fourth-order valence-corrected chi connectivity index (χ4v) is 1.03. The highest BCUT2D eigenvalue weighted by Crippen LogP contribution is 2.29. The van der Waals surface area contributed by atoms with Crippen molar-refractivity contribution < 1.29 is 4.79 Å². The molecule has 0 spiro atoms. The summed E-state index contributed by atoms with van der Waals surface area (Å²) in [6, 6.07) is 0.211. The quantitative estimate of drug-likeness (QED) is 0.645. The first-order chi connectivity index (χ1) is 5.65. The Morgan fingerprint density at radius 1 is 1.58 bits per heavy atom. The standard InChI is InChI=1S/C9H18N2O/c1-6(5-10)7(2)11-9(12)8-3-4-8/h6-8H,3-5,10H2,1-2H3,(H,11,12). The van der Waals surface area contributed by atoms with Gasteiger partial charge in [-0.1, -0.05) is 6.92 Å². The normalized spacial score (nSPS) is 21.6. The molecule has 12 heavy (non-hydrogen) atoms. The lowest BCUT2D eigenvalue weighted by Crippen LogP contribution is -2.40. The van der Waals surface area contributed by atoms with Crippen LogP contribution in [-0.4, -0.2) is 18.5 Å². The van der Waals surface area contributed by atoms with Crippen LogP contribution in [0.5, 0.6) is 0 Å². The van der Waals surface area contributed by atoms with Gasteiger partial charge in [0.2, 0.25) is 5.91 Å². The van der Waals surface area contributed by atoms with Gasteiger partial charge >= 0.3 is 0 Å². The minimum absolute atomic E-state index is 0.211. The molecule has 1 fully saturated rings. The molecule has 0 aromatic heterocycles. The third kappa shape index (κ3) is 2.48. The lowest BCUT2D eigenvalue weighted by Gasteiger charge is -2.19. The van der Waals surface area contributed by atoms with Gasteiger partial charge in [0.05, 0.1) is 0 Å². The van der Waals surface area contributed by atoms with Crippen molar-refractivity contribution >= 4 is 5.91 Å². The molecule has 70 valence electrons. The van der Waals surface area contributed by atoms with E-state index in [1.54, 1.807) is 0 Å². The van der Waals surface area contributed by atoms with Gasteiger partial charge in [-0.2, -0.15) is 0 Å². The minimum Gasteiger partial charge on any atom is -0.353 e. The number of nitrogens with two attached hydrogens (primary N) is 1. The van der Waals surface area contributed by atoms with Crippen LogP contribution in [-0.2, 0) is 4.79 Å². The number of carbonyl (C=O) groups excluding carboxylic acids is 1. The van der Waals surface area contributed by atoms with Crippen LogP contribution < -0.4 is 11.1 Å². The van der Waals surface area contributed by atoms with Crippen molar-refractivity contribution in [3.05, 3.63) is 0 Å². The van der Waals surface area contributed by atoms with Gasteiger partial charge in [0, 0.05) is 12.0 Å². The summed E-state index contributed by atoms with van der Waals surface area (Å²) in [5.41, 5.74) is 5.49. The fourth-order valence-electron chi connectivity index (χ4n) is 1.03. The Labute approximate surface area is 73.7 Å². The molecule has 2 unspecified atom stereocenters. The molecule has 0 bridgehead atoms. The molecule has 0 aromatic carbocycles. The van der Waals surface area contributed by atoms with Gasteiger partial charge in [0.1, 0.15) is 0 Å². The van der Waals surface area contributed by atoms with E-state index >= 15 is 0 Å². The van der Waals surface area contributed by atoms with Crippen LogP contribution in [0.15, 0.2) is 0 Å². The van der Waals surface area contributed by atoms with E-state index in [9.17, 15) is 4.79 Å². The average molecular weight is 170 g/mol. The van der Waals surface area contributed by atoms with Crippen LogP contribution in [0.4, 0.5) is 0 Å². The van der Waals surface area contributed by atoms with E-state index in [4.69, 9.17) is 5.73 Å². The molecule has 1 aliphatic rings. The second-order valence-corrected chi connectivity index (χ2v) is 3.78. The molecule has 0 saturated heterocycles. The average Bonchev–Trinajstić information content (AvgIpc) is 2.84. The summed E-state index contributed by atoms with van der Waals surface area (Å²) in [6.07, 6.45) is 2.13. The largest absolute Gasteiger partial charge is 0.353 e. The first-order valence-corrected chi connectivity index (χ1v) is 4.65. The third-order valence-corrected chi connectivity index (χ3v) is 2.54. The molecule has 3 nitrogen and oxygen atoms in total. The minimum atomic E-state index is 0.211. The fraction of sp³-hybridized carbons (Fsp3) is 0.889. The Bertz CT molecular complexity index is 166. The zero-order chi connectivity index (χ0) is 9.14. The molecular weight excluding hydrogens is 152 g/mol. The van der Waals surface area contributed by atoms with E-state index in [2.05, 4.69) is 12.2 Å². The van der Waals surface area contributed by atoms with Gasteiger partial charge < -0.3 is 11.1 Å². The van der Waals surface area contributed by atoms with Crippen LogP contribution in [0.3, 0.4) is 0 Å². The van der Waals surface area contributed by atoms with Crippen LogP contribution in [0.25, 0.3) is 0 Å². The number of rotatable bonds is 4. The maximum atomic E-state index is 11.3. The number of amides is 1. The van der Waals surface area contributed by atoms with Gasteiger partial charge in [0.25, 0.3) is 0 Å². The molecule has 1 saturated carbocycles. The Hall–Kier alpha value is -0.570. The van der Waals surface area contributed by atoms with Crippen molar-refractivity contribution in [3.63, 3.8) is 0 Å². The van der Waals surface area contributed by atoms with Gasteiger partial charge in [-0.3, -0.25) is 4.79 Å². The highest BCUT2D eigenvalue weighted by Gasteiger charge is 2.30. The van der Waals surface area contributed by atoms with Crippen molar-refractivity contribution in [1.82, 2.24) is 5.32 Å². The third-order valence-electron chi connectivity index (χ3n) is 2.54.